The molecule has 0 aromatic heterocycles. The van der Waals surface area contributed by atoms with Crippen LogP contribution < -0.4 is 0 Å². The van der Waals surface area contributed by atoms with Crippen LogP contribution in [0.4, 0.5) is 0 Å². The third kappa shape index (κ3) is 76.6. The standard InChI is InChI=1S/C87H142O17P2/c1-5-9-13-17-21-25-29-32-35-38-40-43-45-48-52-55-59-63-67-71-84(89)97-77-82(103-86(91)73-69-65-61-57-51-28-24-20-16-12-8-4)79-101-105(93,94)99-75-81(88)76-100-106(95,96)102-80-83(104-87(92)74-70-66-62-58-54-50-47-42-37-34-31-27-23-19-15-11-7-3)78-98-85(90)72-68-64-60-56-53-49-46-44-41-39-36-33-30-26-22-18-14-10-6-2/h10-11,14-15,21-23,25-27,32-37,40-41,43-44,47,49-50,53,58,60,62,64,81-83,88H,5-9,12-13,16-20,24,28-31,38-39,42,45-46,48,51-52,54-57,59,61,63,65-80H2,1-4H3,(H,93,94)(H,95,96)/b14-10-,15-11-,25-21-,26-22-,27-23-,35-32-,36-33-,37-34-,43-40-,44-41-,50-47-,53-49-,62-58-,64-60-. The molecule has 0 saturated carbocycles. The summed E-state index contributed by atoms with van der Waals surface area (Å²) in [7, 11) is -10.0. The highest BCUT2D eigenvalue weighted by atomic mass is 31.2. The van der Waals surface area contributed by atoms with Gasteiger partial charge in [-0.05, 0) is 141 Å². The molecule has 106 heavy (non-hydrogen) atoms. The average Bonchev–Trinajstić information content (AvgIpc) is 0.919. The second-order valence-corrected chi connectivity index (χ2v) is 29.2. The van der Waals surface area contributed by atoms with Crippen molar-refractivity contribution in [2.75, 3.05) is 39.6 Å². The van der Waals surface area contributed by atoms with Gasteiger partial charge in [0.1, 0.15) is 19.3 Å². The molecule has 3 N–H and O–H groups in total. The first-order valence-electron chi connectivity index (χ1n) is 40.4. The van der Waals surface area contributed by atoms with Crippen molar-refractivity contribution in [3.8, 4) is 0 Å². The molecule has 0 amide bonds. The van der Waals surface area contributed by atoms with Gasteiger partial charge < -0.3 is 33.8 Å². The maximum atomic E-state index is 13.1. The molecular weight excluding hydrogens is 1380 g/mol. The van der Waals surface area contributed by atoms with Crippen LogP contribution in [0, 0.1) is 0 Å². The van der Waals surface area contributed by atoms with Gasteiger partial charge in [0.25, 0.3) is 0 Å². The van der Waals surface area contributed by atoms with E-state index in [4.69, 9.17) is 37.0 Å². The van der Waals surface area contributed by atoms with Crippen LogP contribution in [0.1, 0.15) is 297 Å². The third-order valence-electron chi connectivity index (χ3n) is 16.2. The fourth-order valence-corrected chi connectivity index (χ4v) is 11.7. The van der Waals surface area contributed by atoms with Crippen molar-refractivity contribution < 1.29 is 80.2 Å². The Morgan fingerprint density at radius 1 is 0.274 bits per heavy atom. The van der Waals surface area contributed by atoms with Crippen molar-refractivity contribution in [1.82, 2.24) is 0 Å². The number of carbonyl (C=O) groups is 4. The zero-order valence-corrected chi connectivity index (χ0v) is 67.6. The molecule has 0 fully saturated rings. The summed E-state index contributed by atoms with van der Waals surface area (Å²) in [5.41, 5.74) is 0. The van der Waals surface area contributed by atoms with E-state index in [1.54, 1.807) is 0 Å². The minimum absolute atomic E-state index is 0.00530. The van der Waals surface area contributed by atoms with Crippen LogP contribution in [-0.4, -0.2) is 96.7 Å². The molecule has 0 aliphatic heterocycles. The van der Waals surface area contributed by atoms with Gasteiger partial charge in [0.15, 0.2) is 12.2 Å². The summed E-state index contributed by atoms with van der Waals surface area (Å²) in [4.78, 5) is 73.0. The molecule has 0 spiro atoms. The minimum Gasteiger partial charge on any atom is -0.462 e. The lowest BCUT2D eigenvalue weighted by Crippen LogP contribution is -2.30. The topological polar surface area (TPSA) is 237 Å². The van der Waals surface area contributed by atoms with Gasteiger partial charge in [0.2, 0.25) is 0 Å². The molecule has 0 aromatic carbocycles. The number of unbranched alkanes of at least 4 members (excludes halogenated alkanes) is 20. The molecule has 0 bridgehead atoms. The maximum Gasteiger partial charge on any atom is 0.472 e. The van der Waals surface area contributed by atoms with Crippen LogP contribution in [-0.2, 0) is 65.4 Å². The molecule has 0 aliphatic carbocycles. The summed E-state index contributed by atoms with van der Waals surface area (Å²) in [5.74, 6) is -2.36. The van der Waals surface area contributed by atoms with Gasteiger partial charge in [0.05, 0.1) is 26.4 Å². The molecule has 5 unspecified atom stereocenters. The van der Waals surface area contributed by atoms with Gasteiger partial charge in [-0.2, -0.15) is 0 Å². The Morgan fingerprint density at radius 2 is 0.519 bits per heavy atom. The molecule has 0 radical (unpaired) electrons. The van der Waals surface area contributed by atoms with E-state index in [-0.39, 0.29) is 25.7 Å². The van der Waals surface area contributed by atoms with Crippen molar-refractivity contribution >= 4 is 39.5 Å². The fourth-order valence-electron chi connectivity index (χ4n) is 10.1. The highest BCUT2D eigenvalue weighted by molar-refractivity contribution is 7.47. The Bertz CT molecular complexity index is 2680. The monoisotopic (exact) mass is 1520 g/mol. The van der Waals surface area contributed by atoms with Crippen molar-refractivity contribution in [1.29, 1.82) is 0 Å². The van der Waals surface area contributed by atoms with Gasteiger partial charge in [-0.15, -0.1) is 0 Å². The maximum absolute atomic E-state index is 13.1. The average molecular weight is 1520 g/mol. The first kappa shape index (κ1) is 100. The lowest BCUT2D eigenvalue weighted by atomic mass is 10.1. The van der Waals surface area contributed by atoms with Crippen LogP contribution in [0.25, 0.3) is 0 Å². The largest absolute Gasteiger partial charge is 0.472 e. The summed E-state index contributed by atoms with van der Waals surface area (Å²) in [6.45, 7) is 4.44. The molecule has 19 heteroatoms. The van der Waals surface area contributed by atoms with Crippen molar-refractivity contribution in [3.05, 3.63) is 170 Å². The predicted molar refractivity (Wildman–Crippen MR) is 436 cm³/mol. The van der Waals surface area contributed by atoms with Crippen LogP contribution in [0.15, 0.2) is 170 Å². The van der Waals surface area contributed by atoms with Gasteiger partial charge in [0, 0.05) is 25.7 Å². The summed E-state index contributed by atoms with van der Waals surface area (Å²) >= 11 is 0. The van der Waals surface area contributed by atoms with Crippen LogP contribution >= 0.6 is 15.6 Å². The Morgan fingerprint density at radius 3 is 0.868 bits per heavy atom. The Kier molecular flexibility index (Phi) is 73.5. The second kappa shape index (κ2) is 77.6. The van der Waals surface area contributed by atoms with E-state index < -0.39 is 97.5 Å². The van der Waals surface area contributed by atoms with E-state index in [9.17, 15) is 43.2 Å². The fraction of sp³-hybridized carbons (Fsp3) is 0.632. The number of phosphoric ester groups is 2. The summed E-state index contributed by atoms with van der Waals surface area (Å²) < 4.78 is 68.4. The lowest BCUT2D eigenvalue weighted by Gasteiger charge is -2.21. The summed E-state index contributed by atoms with van der Waals surface area (Å²) in [6.07, 6.45) is 92.2. The number of aliphatic hydroxyl groups is 1. The number of hydrogen-bond donors (Lipinski definition) is 3. The van der Waals surface area contributed by atoms with Crippen molar-refractivity contribution in [2.45, 2.75) is 316 Å². The van der Waals surface area contributed by atoms with E-state index in [2.05, 4.69) is 167 Å². The van der Waals surface area contributed by atoms with Crippen molar-refractivity contribution in [2.24, 2.45) is 0 Å². The number of esters is 4. The molecule has 0 aliphatic rings. The van der Waals surface area contributed by atoms with Crippen molar-refractivity contribution in [3.63, 3.8) is 0 Å². The molecule has 0 heterocycles. The molecule has 602 valence electrons. The predicted octanol–water partition coefficient (Wildman–Crippen LogP) is 23.8. The normalized spacial score (nSPS) is 14.7. The van der Waals surface area contributed by atoms with E-state index in [0.29, 0.717) is 38.5 Å². The van der Waals surface area contributed by atoms with Crippen LogP contribution in [0.3, 0.4) is 0 Å². The Hall–Kier alpha value is -5.58. The molecule has 0 saturated heterocycles. The lowest BCUT2D eigenvalue weighted by molar-refractivity contribution is -0.161. The van der Waals surface area contributed by atoms with Gasteiger partial charge in [-0.3, -0.25) is 37.3 Å². The number of aliphatic hydroxyl groups excluding tert-OH is 1. The SMILES string of the molecule is CC/C=C\C/C=C\C/C=C\C/C=C\C/C=C\C/C=C\CCC(=O)OCC(COP(=O)(O)OCC(O)COP(=O)(O)OCC(COC(=O)CCCCCCCC/C=C\C/C=C\C/C=C\CCCCC)OC(=O)CCCCCCCCCCCCC)OC(=O)CCC/C=C\C/C=C\C/C=C\C/C=C\C/C=C\CC. The number of carbonyl (C=O) groups excluding carboxylic acids is 4. The van der Waals surface area contributed by atoms with E-state index >= 15 is 0 Å². The highest BCUT2D eigenvalue weighted by Crippen LogP contribution is 2.45. The van der Waals surface area contributed by atoms with Crippen LogP contribution in [0.2, 0.25) is 0 Å². The van der Waals surface area contributed by atoms with Gasteiger partial charge >= 0.3 is 39.5 Å². The van der Waals surface area contributed by atoms with Crippen LogP contribution in [0.5, 0.6) is 0 Å². The van der Waals surface area contributed by atoms with E-state index in [1.807, 2.05) is 30.4 Å². The smallest absolute Gasteiger partial charge is 0.462 e. The third-order valence-corrected chi connectivity index (χ3v) is 18.1. The second-order valence-electron chi connectivity index (χ2n) is 26.2. The number of allylic oxidation sites excluding steroid dienone is 28. The summed E-state index contributed by atoms with van der Waals surface area (Å²) in [6, 6.07) is 0. The molecule has 0 aromatic rings. The van der Waals surface area contributed by atoms with Gasteiger partial charge in [-0.1, -0.05) is 301 Å². The first-order valence-corrected chi connectivity index (χ1v) is 43.4. The highest BCUT2D eigenvalue weighted by Gasteiger charge is 2.30. The van der Waals surface area contributed by atoms with Gasteiger partial charge in [-0.25, -0.2) is 9.13 Å². The zero-order chi connectivity index (χ0) is 77.4. The summed E-state index contributed by atoms with van der Waals surface area (Å²) in [5, 5.41) is 10.6. The number of rotatable bonds is 74. The molecule has 5 atom stereocenters. The number of phosphoric acid groups is 2. The zero-order valence-electron chi connectivity index (χ0n) is 65.8. The minimum atomic E-state index is -5.02. The van der Waals surface area contributed by atoms with E-state index in [0.717, 1.165) is 148 Å². The Labute approximate surface area is 642 Å². The first-order chi connectivity index (χ1) is 51.7. The molecule has 17 nitrogen and oxygen atoms in total. The molecular formula is C87H142O17P2. The Balaban J connectivity index is 5.46. The number of hydrogen-bond acceptors (Lipinski definition) is 15. The quantitative estimate of drug-likeness (QED) is 0.0169. The molecule has 0 rings (SSSR count). The number of ether oxygens (including phenoxy) is 4. The van der Waals surface area contributed by atoms with E-state index in [1.165, 1.54) is 57.8 Å².